The van der Waals surface area contributed by atoms with Gasteiger partial charge in [0.25, 0.3) is 6.02 Å². The average molecular weight is 390 g/mol. The van der Waals surface area contributed by atoms with Crippen LogP contribution in [0.1, 0.15) is 21.5 Å². The molecule has 1 aliphatic rings. The summed E-state index contributed by atoms with van der Waals surface area (Å²) in [5.41, 5.74) is 7.59. The number of amidine groups is 1. The average Bonchev–Trinajstić information content (AvgIpc) is 3.16. The molecular formula is C21H18N4O4. The zero-order valence-corrected chi connectivity index (χ0v) is 15.6. The molecule has 1 aromatic heterocycles. The van der Waals surface area contributed by atoms with Gasteiger partial charge in [0.2, 0.25) is 0 Å². The van der Waals surface area contributed by atoms with Gasteiger partial charge in [-0.2, -0.15) is 0 Å². The van der Waals surface area contributed by atoms with Crippen molar-refractivity contribution in [3.05, 3.63) is 77.9 Å². The first-order chi connectivity index (χ1) is 14.0. The molecule has 0 fully saturated rings. The molecule has 2 heterocycles. The van der Waals surface area contributed by atoms with Crippen molar-refractivity contribution in [1.29, 1.82) is 0 Å². The molecule has 29 heavy (non-hydrogen) atoms. The number of aliphatic imine (C=N–C) groups is 1. The molecule has 0 radical (unpaired) electrons. The third-order valence-corrected chi connectivity index (χ3v) is 4.89. The first-order valence-corrected chi connectivity index (χ1v) is 8.79. The van der Waals surface area contributed by atoms with Gasteiger partial charge in [-0.25, -0.2) is 19.8 Å². The van der Waals surface area contributed by atoms with Crippen molar-refractivity contribution in [2.45, 2.75) is 5.54 Å². The fourth-order valence-corrected chi connectivity index (χ4v) is 3.44. The van der Waals surface area contributed by atoms with E-state index in [1.54, 1.807) is 49.8 Å². The van der Waals surface area contributed by atoms with Crippen LogP contribution in [0.2, 0.25) is 0 Å². The highest BCUT2D eigenvalue weighted by atomic mass is 16.5. The number of hydrogen-bond donors (Lipinski definition) is 2. The van der Waals surface area contributed by atoms with E-state index in [0.29, 0.717) is 11.3 Å². The van der Waals surface area contributed by atoms with Crippen molar-refractivity contribution < 1.29 is 19.4 Å². The summed E-state index contributed by atoms with van der Waals surface area (Å²) >= 11 is 0. The molecule has 0 saturated carbocycles. The molecule has 8 nitrogen and oxygen atoms in total. The Balaban J connectivity index is 1.95. The van der Waals surface area contributed by atoms with Crippen LogP contribution in [0.15, 0.2) is 66.2 Å². The van der Waals surface area contributed by atoms with E-state index in [9.17, 15) is 9.90 Å². The molecule has 1 aliphatic heterocycles. The number of benzene rings is 2. The number of nitrogens with two attached hydrogens (primary N) is 1. The molecular weight excluding hydrogens is 372 g/mol. The summed E-state index contributed by atoms with van der Waals surface area (Å²) in [6, 6.07) is 12.3. The van der Waals surface area contributed by atoms with Crippen LogP contribution >= 0.6 is 0 Å². The van der Waals surface area contributed by atoms with Crippen LogP contribution in [0.4, 0.5) is 0 Å². The molecule has 2 aromatic carbocycles. The Morgan fingerprint density at radius 3 is 2.45 bits per heavy atom. The first kappa shape index (κ1) is 18.4. The molecule has 146 valence electrons. The number of carbonyl (C=O) groups is 1. The van der Waals surface area contributed by atoms with Crippen molar-refractivity contribution in [1.82, 2.24) is 9.97 Å². The van der Waals surface area contributed by atoms with Crippen molar-refractivity contribution in [3.63, 3.8) is 0 Å². The van der Waals surface area contributed by atoms with Crippen molar-refractivity contribution in [2.24, 2.45) is 10.7 Å². The van der Waals surface area contributed by atoms with E-state index in [1.165, 1.54) is 6.33 Å². The van der Waals surface area contributed by atoms with Crippen LogP contribution < -0.4 is 10.5 Å². The normalized spacial score (nSPS) is 18.0. The van der Waals surface area contributed by atoms with E-state index < -0.39 is 11.5 Å². The number of aromatic nitrogens is 2. The van der Waals surface area contributed by atoms with Gasteiger partial charge in [0.05, 0.1) is 12.7 Å². The lowest BCUT2D eigenvalue weighted by molar-refractivity contribution is 0.0694. The number of nitrogens with zero attached hydrogens (tertiary/aromatic N) is 3. The van der Waals surface area contributed by atoms with Gasteiger partial charge in [0.1, 0.15) is 18.7 Å². The Kier molecular flexibility index (Phi) is 4.59. The minimum atomic E-state index is -1.10. The summed E-state index contributed by atoms with van der Waals surface area (Å²) in [4.78, 5) is 24.6. The second-order valence-electron chi connectivity index (χ2n) is 6.52. The quantitative estimate of drug-likeness (QED) is 0.686. The number of aromatic carboxylic acids is 1. The predicted octanol–water partition coefficient (Wildman–Crippen LogP) is 2.44. The van der Waals surface area contributed by atoms with Gasteiger partial charge in [-0.05, 0) is 35.4 Å². The number of methoxy groups -OCH3 is 1. The SMILES string of the molecule is COc1ccc(C2(c3cc(-c4cncnc4)ccc3C(=O)O)COC(N)=N2)cc1. The van der Waals surface area contributed by atoms with Crippen LogP contribution in [-0.2, 0) is 10.3 Å². The molecule has 3 N–H and O–H groups in total. The van der Waals surface area contributed by atoms with Crippen LogP contribution in [0.5, 0.6) is 5.75 Å². The molecule has 4 rings (SSSR count). The van der Waals surface area contributed by atoms with E-state index in [1.807, 2.05) is 12.1 Å². The summed E-state index contributed by atoms with van der Waals surface area (Å²) in [5.74, 6) is -0.391. The third-order valence-electron chi connectivity index (χ3n) is 4.89. The van der Waals surface area contributed by atoms with E-state index in [-0.39, 0.29) is 18.2 Å². The van der Waals surface area contributed by atoms with Crippen LogP contribution in [0.3, 0.4) is 0 Å². The molecule has 8 heteroatoms. The fraction of sp³-hybridized carbons (Fsp3) is 0.143. The Morgan fingerprint density at radius 1 is 1.14 bits per heavy atom. The molecule has 0 saturated heterocycles. The molecule has 1 atom stereocenters. The Bertz CT molecular complexity index is 1080. The van der Waals surface area contributed by atoms with E-state index in [2.05, 4.69) is 15.0 Å². The van der Waals surface area contributed by atoms with Gasteiger partial charge in [-0.15, -0.1) is 0 Å². The summed E-state index contributed by atoms with van der Waals surface area (Å²) in [7, 11) is 1.58. The minimum Gasteiger partial charge on any atom is -0.497 e. The van der Waals surface area contributed by atoms with Crippen LogP contribution in [-0.4, -0.2) is 40.8 Å². The second-order valence-corrected chi connectivity index (χ2v) is 6.52. The summed E-state index contributed by atoms with van der Waals surface area (Å²) < 4.78 is 10.7. The standard InChI is InChI=1S/C21H18N4O4/c1-28-16-5-3-15(4-6-16)21(11-29-20(22)25-21)18-8-13(2-7-17(18)19(26)27)14-9-23-12-24-10-14/h2-10,12H,11H2,1H3,(H2,22,25)(H,26,27). The summed E-state index contributed by atoms with van der Waals surface area (Å²) in [6.45, 7) is 0.0835. The molecule has 1 unspecified atom stereocenters. The molecule has 3 aromatic rings. The van der Waals surface area contributed by atoms with Gasteiger partial charge in [-0.1, -0.05) is 18.2 Å². The predicted molar refractivity (Wildman–Crippen MR) is 106 cm³/mol. The smallest absolute Gasteiger partial charge is 0.336 e. The zero-order valence-electron chi connectivity index (χ0n) is 15.6. The monoisotopic (exact) mass is 390 g/mol. The van der Waals surface area contributed by atoms with Crippen LogP contribution in [0, 0.1) is 0 Å². The molecule has 0 amide bonds. The van der Waals surface area contributed by atoms with Crippen molar-refractivity contribution in [2.75, 3.05) is 13.7 Å². The topological polar surface area (TPSA) is 120 Å². The Labute approximate surface area is 166 Å². The van der Waals surface area contributed by atoms with E-state index in [4.69, 9.17) is 15.2 Å². The summed E-state index contributed by atoms with van der Waals surface area (Å²) in [6.07, 6.45) is 4.76. The molecule has 0 spiro atoms. The van der Waals surface area contributed by atoms with Gasteiger partial charge in [0.15, 0.2) is 5.54 Å². The second kappa shape index (κ2) is 7.23. The Morgan fingerprint density at radius 2 is 1.86 bits per heavy atom. The van der Waals surface area contributed by atoms with Gasteiger partial charge in [0, 0.05) is 23.5 Å². The Hall–Kier alpha value is -3.94. The minimum absolute atomic E-state index is 0.00519. The number of rotatable bonds is 5. The van der Waals surface area contributed by atoms with Gasteiger partial charge in [-0.3, -0.25) is 0 Å². The maximum Gasteiger partial charge on any atom is 0.336 e. The number of carboxylic acids is 1. The lowest BCUT2D eigenvalue weighted by atomic mass is 9.80. The van der Waals surface area contributed by atoms with E-state index >= 15 is 0 Å². The summed E-state index contributed by atoms with van der Waals surface area (Å²) in [5, 5.41) is 9.83. The highest BCUT2D eigenvalue weighted by Crippen LogP contribution is 2.41. The third kappa shape index (κ3) is 3.25. The van der Waals surface area contributed by atoms with Crippen molar-refractivity contribution >= 4 is 12.0 Å². The highest BCUT2D eigenvalue weighted by molar-refractivity contribution is 5.92. The first-order valence-electron chi connectivity index (χ1n) is 8.79. The van der Waals surface area contributed by atoms with Gasteiger partial charge >= 0.3 is 5.97 Å². The van der Waals surface area contributed by atoms with Gasteiger partial charge < -0.3 is 20.3 Å². The molecule has 0 bridgehead atoms. The number of hydrogen-bond acceptors (Lipinski definition) is 7. The largest absolute Gasteiger partial charge is 0.497 e. The van der Waals surface area contributed by atoms with E-state index in [0.717, 1.165) is 16.7 Å². The fourth-order valence-electron chi connectivity index (χ4n) is 3.44. The lowest BCUT2D eigenvalue weighted by Gasteiger charge is -2.27. The molecule has 0 aliphatic carbocycles. The van der Waals surface area contributed by atoms with Crippen LogP contribution in [0.25, 0.3) is 11.1 Å². The highest BCUT2D eigenvalue weighted by Gasteiger charge is 2.42. The lowest BCUT2D eigenvalue weighted by Crippen LogP contribution is -2.29. The zero-order chi connectivity index (χ0) is 20.4. The number of carboxylic acid groups (broad SMARTS) is 1. The maximum atomic E-state index is 12.0. The maximum absolute atomic E-state index is 12.0. The number of ether oxygens (including phenoxy) is 2. The van der Waals surface area contributed by atoms with Crippen molar-refractivity contribution in [3.8, 4) is 16.9 Å².